The molecule has 5 aromatic rings. The second-order valence-electron chi connectivity index (χ2n) is 13.8. The molecule has 2 heterocycles. The molecule has 0 aromatic heterocycles. The summed E-state index contributed by atoms with van der Waals surface area (Å²) in [4.78, 5) is 2.42. The average Bonchev–Trinajstić information content (AvgIpc) is 3.82. The summed E-state index contributed by atoms with van der Waals surface area (Å²) in [6.07, 6.45) is 10.1. The van der Waals surface area contributed by atoms with Crippen molar-refractivity contribution >= 4 is 22.5 Å². The largest absolute Gasteiger partial charge is 0.472 e. The second-order valence-corrected chi connectivity index (χ2v) is 13.8. The fraction of sp³-hybridized carbons (Fsp3) is 0.286. The highest BCUT2D eigenvalue weighted by atomic mass is 16.5. The Morgan fingerprint density at radius 2 is 1.44 bits per heavy atom. The van der Waals surface area contributed by atoms with Gasteiger partial charge in [0, 0.05) is 46.3 Å². The van der Waals surface area contributed by atoms with E-state index >= 15 is 0 Å². The van der Waals surface area contributed by atoms with Gasteiger partial charge in [-0.3, -0.25) is 0 Å². The van der Waals surface area contributed by atoms with Crippen molar-refractivity contribution in [2.24, 2.45) is 11.8 Å². The van der Waals surface area contributed by atoms with Crippen molar-refractivity contribution in [2.45, 2.75) is 36.7 Å². The molecule has 3 heteroatoms. The van der Waals surface area contributed by atoms with Gasteiger partial charge in [-0.15, -0.1) is 0 Å². The highest BCUT2D eigenvalue weighted by Crippen LogP contribution is 2.68. The Kier molecular flexibility index (Phi) is 5.52. The van der Waals surface area contributed by atoms with Crippen LogP contribution >= 0.6 is 0 Å². The zero-order valence-corrected chi connectivity index (χ0v) is 25.5. The number of nitrogens with zero attached hydrogens (tertiary/aromatic N) is 1. The molecule has 2 saturated carbocycles. The van der Waals surface area contributed by atoms with Crippen LogP contribution in [0.4, 0.5) is 5.69 Å². The molecule has 222 valence electrons. The highest BCUT2D eigenvalue weighted by molar-refractivity contribution is 6.08. The van der Waals surface area contributed by atoms with Crippen molar-refractivity contribution in [1.82, 2.24) is 0 Å². The van der Waals surface area contributed by atoms with Crippen LogP contribution in [0.15, 0.2) is 109 Å². The maximum absolute atomic E-state index is 7.58. The smallest absolute Gasteiger partial charge is 0.178 e. The predicted octanol–water partition coefficient (Wildman–Crippen LogP) is 9.11. The van der Waals surface area contributed by atoms with Gasteiger partial charge in [0.2, 0.25) is 0 Å². The third-order valence-corrected chi connectivity index (χ3v) is 11.8. The first-order valence-corrected chi connectivity index (χ1v) is 16.8. The normalized spacial score (nSPS) is 27.4. The van der Waals surface area contributed by atoms with E-state index in [4.69, 9.17) is 9.47 Å². The third-order valence-electron chi connectivity index (χ3n) is 11.8. The van der Waals surface area contributed by atoms with Gasteiger partial charge in [0.15, 0.2) is 5.60 Å². The third kappa shape index (κ3) is 3.51. The van der Waals surface area contributed by atoms with E-state index in [0.717, 1.165) is 49.1 Å². The van der Waals surface area contributed by atoms with Gasteiger partial charge in [-0.1, -0.05) is 103 Å². The highest BCUT2D eigenvalue weighted by Gasteiger charge is 2.58. The lowest BCUT2D eigenvalue weighted by Gasteiger charge is -2.41. The van der Waals surface area contributed by atoms with E-state index in [1.165, 1.54) is 64.4 Å². The summed E-state index contributed by atoms with van der Waals surface area (Å²) in [6, 6.07) is 38.2. The van der Waals surface area contributed by atoms with Crippen molar-refractivity contribution in [1.29, 1.82) is 0 Å². The Bertz CT molecular complexity index is 1990. The van der Waals surface area contributed by atoms with E-state index in [2.05, 4.69) is 120 Å². The molecule has 45 heavy (non-hydrogen) atoms. The van der Waals surface area contributed by atoms with Crippen LogP contribution in [0.1, 0.15) is 53.5 Å². The first kappa shape index (κ1) is 25.9. The Morgan fingerprint density at radius 1 is 0.711 bits per heavy atom. The fourth-order valence-corrected chi connectivity index (χ4v) is 9.93. The lowest BCUT2D eigenvalue weighted by atomic mass is 9.65. The van der Waals surface area contributed by atoms with Crippen molar-refractivity contribution < 1.29 is 9.47 Å². The standard InChI is InChI=1S/C42H37NO2/c1-2-8-29(9-3-1)42(30-16-18-32(19-17-30)43-22-24-44-25-23-43)21-20-36-39-38(33-10-4-5-11-34(33)40(36)45-42)35-12-6-7-13-37(35)41(39)27-28-14-15-31(41)26-28/h1-13,16-21,28,31H,14-15,22-27H2. The number of benzene rings is 5. The minimum atomic E-state index is -0.734. The van der Waals surface area contributed by atoms with Crippen molar-refractivity contribution in [2.75, 3.05) is 31.2 Å². The molecule has 1 saturated heterocycles. The fourth-order valence-electron chi connectivity index (χ4n) is 9.93. The van der Waals surface area contributed by atoms with Gasteiger partial charge in [0.1, 0.15) is 5.75 Å². The first-order chi connectivity index (χ1) is 22.3. The minimum Gasteiger partial charge on any atom is -0.472 e. The molecule has 0 amide bonds. The lowest BCUT2D eigenvalue weighted by Crippen LogP contribution is -2.37. The molecule has 4 atom stereocenters. The summed E-state index contributed by atoms with van der Waals surface area (Å²) in [5.41, 5.74) is 10.1. The predicted molar refractivity (Wildman–Crippen MR) is 182 cm³/mol. The monoisotopic (exact) mass is 587 g/mol. The van der Waals surface area contributed by atoms with Crippen LogP contribution in [0.25, 0.3) is 28.0 Å². The molecular weight excluding hydrogens is 550 g/mol. The molecule has 3 fully saturated rings. The summed E-state index contributed by atoms with van der Waals surface area (Å²) in [6.45, 7) is 3.41. The SMILES string of the molecule is C1=CC(c2ccccc2)(c2ccc(N3CCOCC3)cc2)Oc2c1c1c(c3ccccc23)-c2ccccc2C12CC1CCC2C1. The number of fused-ring (bicyclic) bond motifs is 13. The maximum Gasteiger partial charge on any atom is 0.178 e. The van der Waals surface area contributed by atoms with E-state index in [1.54, 1.807) is 5.56 Å². The number of rotatable bonds is 3. The van der Waals surface area contributed by atoms with Gasteiger partial charge in [-0.2, -0.15) is 0 Å². The Balaban J connectivity index is 1.21. The van der Waals surface area contributed by atoms with Gasteiger partial charge in [0.25, 0.3) is 0 Å². The molecule has 1 spiro atoms. The first-order valence-electron chi connectivity index (χ1n) is 16.8. The van der Waals surface area contributed by atoms with E-state index in [-0.39, 0.29) is 5.41 Å². The van der Waals surface area contributed by atoms with Crippen LogP contribution in [-0.4, -0.2) is 26.3 Å². The molecule has 10 rings (SSSR count). The average molecular weight is 588 g/mol. The van der Waals surface area contributed by atoms with Crippen molar-refractivity contribution in [3.63, 3.8) is 0 Å². The summed E-state index contributed by atoms with van der Waals surface area (Å²) in [5.74, 6) is 2.54. The molecule has 3 nitrogen and oxygen atoms in total. The molecule has 4 unspecified atom stereocenters. The summed E-state index contributed by atoms with van der Waals surface area (Å²) < 4.78 is 13.2. The van der Waals surface area contributed by atoms with Gasteiger partial charge in [-0.05, 0) is 76.9 Å². The van der Waals surface area contributed by atoms with Crippen LogP contribution in [0, 0.1) is 11.8 Å². The number of hydrogen-bond donors (Lipinski definition) is 0. The molecular formula is C42H37NO2. The van der Waals surface area contributed by atoms with Crippen LogP contribution in [-0.2, 0) is 15.8 Å². The summed E-state index contributed by atoms with van der Waals surface area (Å²) >= 11 is 0. The van der Waals surface area contributed by atoms with E-state index in [1.807, 2.05) is 0 Å². The second kappa shape index (κ2) is 9.58. The Hall–Kier alpha value is -4.34. The van der Waals surface area contributed by atoms with E-state index in [9.17, 15) is 0 Å². The number of hydrogen-bond acceptors (Lipinski definition) is 3. The number of anilines is 1. The van der Waals surface area contributed by atoms with Crippen LogP contribution < -0.4 is 9.64 Å². The van der Waals surface area contributed by atoms with Gasteiger partial charge in [-0.25, -0.2) is 0 Å². The summed E-state index contributed by atoms with van der Waals surface area (Å²) in [7, 11) is 0. The van der Waals surface area contributed by atoms with Gasteiger partial charge < -0.3 is 14.4 Å². The summed E-state index contributed by atoms with van der Waals surface area (Å²) in [5, 5.41) is 2.52. The molecule has 0 radical (unpaired) electrons. The van der Waals surface area contributed by atoms with Crippen molar-refractivity contribution in [3.8, 4) is 16.9 Å². The van der Waals surface area contributed by atoms with E-state index < -0.39 is 5.60 Å². The zero-order valence-electron chi connectivity index (χ0n) is 25.5. The van der Waals surface area contributed by atoms with E-state index in [0.29, 0.717) is 5.92 Å². The van der Waals surface area contributed by atoms with Crippen molar-refractivity contribution in [3.05, 3.63) is 137 Å². The molecule has 0 N–H and O–H groups in total. The number of ether oxygens (including phenoxy) is 2. The van der Waals surface area contributed by atoms with Crippen LogP contribution in [0.5, 0.6) is 5.75 Å². The molecule has 5 aromatic carbocycles. The topological polar surface area (TPSA) is 21.7 Å². The van der Waals surface area contributed by atoms with Crippen LogP contribution in [0.3, 0.4) is 0 Å². The van der Waals surface area contributed by atoms with Gasteiger partial charge in [0.05, 0.1) is 13.2 Å². The van der Waals surface area contributed by atoms with Gasteiger partial charge >= 0.3 is 0 Å². The molecule has 5 aliphatic rings. The minimum absolute atomic E-state index is 0.0726. The quantitative estimate of drug-likeness (QED) is 0.210. The zero-order chi connectivity index (χ0) is 29.6. The molecule has 2 aliphatic heterocycles. The van der Waals surface area contributed by atoms with Crippen LogP contribution in [0.2, 0.25) is 0 Å². The Morgan fingerprint density at radius 3 is 2.22 bits per heavy atom. The lowest BCUT2D eigenvalue weighted by molar-refractivity contribution is 0.122. The Labute approximate surface area is 265 Å². The molecule has 2 bridgehead atoms. The maximum atomic E-state index is 7.58. The molecule has 3 aliphatic carbocycles. The number of morpholine rings is 1.